The first-order valence-corrected chi connectivity index (χ1v) is 5.80. The lowest BCUT2D eigenvalue weighted by Crippen LogP contribution is -2.16. The van der Waals surface area contributed by atoms with Crippen molar-refractivity contribution >= 4 is 18.0 Å². The molecule has 0 aliphatic heterocycles. The number of aromatic nitrogens is 1. The first-order chi connectivity index (χ1) is 9.81. The van der Waals surface area contributed by atoms with Crippen LogP contribution < -0.4 is 0 Å². The maximum atomic E-state index is 12.9. The van der Waals surface area contributed by atoms with E-state index in [-0.39, 0.29) is 12.3 Å². The number of rotatable bonds is 4. The predicted molar refractivity (Wildman–Crippen MR) is 66.2 cm³/mol. The van der Waals surface area contributed by atoms with Crippen LogP contribution in [0.5, 0.6) is 0 Å². The molecule has 0 bridgehead atoms. The van der Waals surface area contributed by atoms with Crippen molar-refractivity contribution in [2.45, 2.75) is 13.1 Å². The Morgan fingerprint density at radius 1 is 1.38 bits per heavy atom. The lowest BCUT2D eigenvalue weighted by Gasteiger charge is -2.12. The van der Waals surface area contributed by atoms with Gasteiger partial charge in [-0.1, -0.05) is 0 Å². The van der Waals surface area contributed by atoms with Gasteiger partial charge in [-0.15, -0.1) is 0 Å². The fraction of sp³-hybridized carbons (Fsp3) is 0.308. The minimum Gasteiger partial charge on any atom is -0.465 e. The Morgan fingerprint density at radius 2 is 2.05 bits per heavy atom. The van der Waals surface area contributed by atoms with Crippen LogP contribution in [0.25, 0.3) is 6.08 Å². The zero-order valence-corrected chi connectivity index (χ0v) is 11.2. The molecular formula is C13H12F3NO4. The van der Waals surface area contributed by atoms with Gasteiger partial charge in [-0.3, -0.25) is 4.98 Å². The molecule has 0 spiro atoms. The number of nitrogens with zero attached hydrogens (tertiary/aromatic N) is 1. The molecule has 0 amide bonds. The van der Waals surface area contributed by atoms with E-state index in [2.05, 4.69) is 14.5 Å². The highest BCUT2D eigenvalue weighted by molar-refractivity contribution is 5.96. The van der Waals surface area contributed by atoms with E-state index in [1.54, 1.807) is 6.92 Å². The summed E-state index contributed by atoms with van der Waals surface area (Å²) in [6, 6.07) is 0.661. The van der Waals surface area contributed by atoms with E-state index in [0.717, 1.165) is 25.5 Å². The van der Waals surface area contributed by atoms with Crippen LogP contribution in [-0.4, -0.2) is 30.6 Å². The van der Waals surface area contributed by atoms with Crippen LogP contribution in [-0.2, 0) is 20.4 Å². The van der Waals surface area contributed by atoms with Crippen molar-refractivity contribution in [1.82, 2.24) is 4.98 Å². The van der Waals surface area contributed by atoms with Crippen LogP contribution in [0.2, 0.25) is 0 Å². The molecule has 0 unspecified atom stereocenters. The van der Waals surface area contributed by atoms with Gasteiger partial charge in [0.15, 0.2) is 0 Å². The number of carbonyl (C=O) groups excluding carboxylic acids is 2. The molecule has 1 rings (SSSR count). The van der Waals surface area contributed by atoms with Crippen molar-refractivity contribution in [1.29, 1.82) is 0 Å². The van der Waals surface area contributed by atoms with Gasteiger partial charge in [0, 0.05) is 12.3 Å². The number of hydrogen-bond acceptors (Lipinski definition) is 5. The number of ether oxygens (including phenoxy) is 2. The van der Waals surface area contributed by atoms with Crippen molar-refractivity contribution in [2.75, 3.05) is 13.7 Å². The molecule has 0 aromatic carbocycles. The summed E-state index contributed by atoms with van der Waals surface area (Å²) < 4.78 is 47.6. The molecule has 0 N–H and O–H groups in total. The van der Waals surface area contributed by atoms with Crippen molar-refractivity contribution in [2.24, 2.45) is 0 Å². The number of carbonyl (C=O) groups is 2. The van der Waals surface area contributed by atoms with Crippen LogP contribution in [0, 0.1) is 0 Å². The Balaban J connectivity index is 3.32. The molecule has 1 heterocycles. The Kier molecular flexibility index (Phi) is 5.45. The molecule has 114 valence electrons. The van der Waals surface area contributed by atoms with Gasteiger partial charge in [-0.2, -0.15) is 13.2 Å². The van der Waals surface area contributed by atoms with E-state index in [9.17, 15) is 22.8 Å². The SMILES string of the molecule is CCOC(=O)/C=C/c1nccc(C(F)(F)F)c1C(=O)OC. The van der Waals surface area contributed by atoms with Gasteiger partial charge in [0.25, 0.3) is 0 Å². The van der Waals surface area contributed by atoms with Crippen molar-refractivity contribution < 1.29 is 32.2 Å². The Hall–Kier alpha value is -2.38. The zero-order valence-electron chi connectivity index (χ0n) is 11.2. The van der Waals surface area contributed by atoms with Gasteiger partial charge < -0.3 is 9.47 Å². The van der Waals surface area contributed by atoms with Gasteiger partial charge in [-0.25, -0.2) is 9.59 Å². The number of esters is 2. The molecule has 8 heteroatoms. The lowest BCUT2D eigenvalue weighted by atomic mass is 10.1. The Labute approximate surface area is 118 Å². The molecule has 21 heavy (non-hydrogen) atoms. The van der Waals surface area contributed by atoms with Crippen LogP contribution in [0.15, 0.2) is 18.3 Å². The minimum atomic E-state index is -4.75. The first kappa shape index (κ1) is 16.7. The first-order valence-electron chi connectivity index (χ1n) is 5.80. The van der Waals surface area contributed by atoms with E-state index in [1.165, 1.54) is 0 Å². The number of methoxy groups -OCH3 is 1. The summed E-state index contributed by atoms with van der Waals surface area (Å²) in [7, 11) is 0.953. The highest BCUT2D eigenvalue weighted by atomic mass is 19.4. The van der Waals surface area contributed by atoms with E-state index in [0.29, 0.717) is 6.07 Å². The average Bonchev–Trinajstić information content (AvgIpc) is 2.43. The average molecular weight is 303 g/mol. The fourth-order valence-corrected chi connectivity index (χ4v) is 1.49. The summed E-state index contributed by atoms with van der Waals surface area (Å²) in [5.41, 5.74) is -2.27. The van der Waals surface area contributed by atoms with Crippen molar-refractivity contribution in [3.63, 3.8) is 0 Å². The van der Waals surface area contributed by atoms with E-state index < -0.39 is 29.2 Å². The molecule has 1 aromatic rings. The summed E-state index contributed by atoms with van der Waals surface area (Å²) in [6.07, 6.45) is -2.00. The van der Waals surface area contributed by atoms with E-state index in [1.807, 2.05) is 0 Å². The number of hydrogen-bond donors (Lipinski definition) is 0. The van der Waals surface area contributed by atoms with E-state index >= 15 is 0 Å². The zero-order chi connectivity index (χ0) is 16.0. The lowest BCUT2D eigenvalue weighted by molar-refractivity contribution is -0.138. The molecule has 5 nitrogen and oxygen atoms in total. The predicted octanol–water partition coefficient (Wildman–Crippen LogP) is 2.46. The quantitative estimate of drug-likeness (QED) is 0.631. The standard InChI is InChI=1S/C13H12F3NO4/c1-3-21-10(18)5-4-9-11(12(19)20-2)8(6-7-17-9)13(14,15)16/h4-7H,3H2,1-2H3/b5-4+. The summed E-state index contributed by atoms with van der Waals surface area (Å²) in [5, 5.41) is 0. The number of halogens is 3. The largest absolute Gasteiger partial charge is 0.465 e. The highest BCUT2D eigenvalue weighted by Gasteiger charge is 2.37. The third-order valence-electron chi connectivity index (χ3n) is 2.34. The highest BCUT2D eigenvalue weighted by Crippen LogP contribution is 2.33. The van der Waals surface area contributed by atoms with Gasteiger partial charge in [0.05, 0.1) is 30.5 Å². The fourth-order valence-electron chi connectivity index (χ4n) is 1.49. The van der Waals surface area contributed by atoms with Gasteiger partial charge in [0.2, 0.25) is 0 Å². The van der Waals surface area contributed by atoms with Crippen LogP contribution in [0.3, 0.4) is 0 Å². The second kappa shape index (κ2) is 6.87. The van der Waals surface area contributed by atoms with Crippen molar-refractivity contribution in [3.05, 3.63) is 35.2 Å². The third-order valence-corrected chi connectivity index (χ3v) is 2.34. The van der Waals surface area contributed by atoms with E-state index in [4.69, 9.17) is 0 Å². The topological polar surface area (TPSA) is 65.5 Å². The smallest absolute Gasteiger partial charge is 0.417 e. The maximum absolute atomic E-state index is 12.9. The summed E-state index contributed by atoms with van der Waals surface area (Å²) in [6.45, 7) is 1.69. The molecule has 0 saturated carbocycles. The molecule has 0 aliphatic carbocycles. The van der Waals surface area contributed by atoms with Gasteiger partial charge in [-0.05, 0) is 19.1 Å². The Bertz CT molecular complexity index is 567. The van der Waals surface area contributed by atoms with Crippen LogP contribution >= 0.6 is 0 Å². The maximum Gasteiger partial charge on any atom is 0.417 e. The molecule has 0 saturated heterocycles. The second-order valence-electron chi connectivity index (χ2n) is 3.69. The Morgan fingerprint density at radius 3 is 2.57 bits per heavy atom. The molecule has 0 aliphatic rings. The summed E-state index contributed by atoms with van der Waals surface area (Å²) in [4.78, 5) is 26.4. The summed E-state index contributed by atoms with van der Waals surface area (Å²) in [5.74, 6) is -1.95. The second-order valence-corrected chi connectivity index (χ2v) is 3.69. The van der Waals surface area contributed by atoms with Gasteiger partial charge >= 0.3 is 18.1 Å². The summed E-state index contributed by atoms with van der Waals surface area (Å²) >= 11 is 0. The van der Waals surface area contributed by atoms with Crippen LogP contribution in [0.4, 0.5) is 13.2 Å². The molecule has 0 radical (unpaired) electrons. The molecule has 1 aromatic heterocycles. The normalized spacial score (nSPS) is 11.5. The number of alkyl halides is 3. The molecular weight excluding hydrogens is 291 g/mol. The molecule has 0 atom stereocenters. The van der Waals surface area contributed by atoms with Gasteiger partial charge in [0.1, 0.15) is 0 Å². The third kappa shape index (κ3) is 4.30. The number of pyridine rings is 1. The minimum absolute atomic E-state index is 0.114. The van der Waals surface area contributed by atoms with Crippen LogP contribution in [0.1, 0.15) is 28.5 Å². The molecule has 0 fully saturated rings. The monoisotopic (exact) mass is 303 g/mol. The van der Waals surface area contributed by atoms with Crippen molar-refractivity contribution in [3.8, 4) is 0 Å².